The molecule has 0 atom stereocenters. The standard InChI is InChI=1S/C14H9Cl2NO5/c15-9-3-4-12(16)17-13(9)14(21)22-6-11(20)8-2-1-7(18)5-10(8)19/h1-5,18-19H,6H2. The van der Waals surface area contributed by atoms with E-state index in [2.05, 4.69) is 4.98 Å². The quantitative estimate of drug-likeness (QED) is 0.504. The number of aromatic hydroxyl groups is 2. The zero-order chi connectivity index (χ0) is 16.3. The third-order valence-corrected chi connectivity index (χ3v) is 3.14. The first-order valence-electron chi connectivity index (χ1n) is 5.93. The van der Waals surface area contributed by atoms with Gasteiger partial charge in [0.15, 0.2) is 12.3 Å². The zero-order valence-electron chi connectivity index (χ0n) is 10.9. The van der Waals surface area contributed by atoms with Crippen LogP contribution in [0.15, 0.2) is 30.3 Å². The van der Waals surface area contributed by atoms with E-state index in [1.165, 1.54) is 24.3 Å². The van der Waals surface area contributed by atoms with Crippen LogP contribution in [0.25, 0.3) is 0 Å². The number of ketones is 1. The average molecular weight is 342 g/mol. The van der Waals surface area contributed by atoms with Crippen molar-refractivity contribution < 1.29 is 24.5 Å². The van der Waals surface area contributed by atoms with Crippen molar-refractivity contribution in [2.45, 2.75) is 0 Å². The largest absolute Gasteiger partial charge is 0.508 e. The second kappa shape index (κ2) is 6.64. The topological polar surface area (TPSA) is 96.7 Å². The maximum absolute atomic E-state index is 11.9. The normalized spacial score (nSPS) is 10.3. The lowest BCUT2D eigenvalue weighted by atomic mass is 10.1. The van der Waals surface area contributed by atoms with Crippen LogP contribution in [0.4, 0.5) is 0 Å². The number of aromatic nitrogens is 1. The molecule has 1 aromatic carbocycles. The van der Waals surface area contributed by atoms with Gasteiger partial charge < -0.3 is 14.9 Å². The van der Waals surface area contributed by atoms with Crippen molar-refractivity contribution in [3.05, 3.63) is 51.8 Å². The van der Waals surface area contributed by atoms with Gasteiger partial charge in [-0.1, -0.05) is 23.2 Å². The number of phenols is 2. The molecule has 0 aliphatic rings. The van der Waals surface area contributed by atoms with E-state index in [1.807, 2.05) is 0 Å². The fourth-order valence-corrected chi connectivity index (χ4v) is 1.92. The molecule has 114 valence electrons. The number of benzene rings is 1. The number of carbonyl (C=O) groups is 2. The zero-order valence-corrected chi connectivity index (χ0v) is 12.4. The number of pyridine rings is 1. The molecule has 0 saturated carbocycles. The van der Waals surface area contributed by atoms with Gasteiger partial charge in [0, 0.05) is 6.07 Å². The number of esters is 1. The number of Topliss-reactive ketones (excluding diaryl/α,β-unsaturated/α-hetero) is 1. The summed E-state index contributed by atoms with van der Waals surface area (Å²) in [6.45, 7) is -0.623. The molecule has 1 heterocycles. The summed E-state index contributed by atoms with van der Waals surface area (Å²) >= 11 is 11.4. The number of carbonyl (C=O) groups excluding carboxylic acids is 2. The number of phenolic OH excluding ortho intramolecular Hbond substituents is 2. The van der Waals surface area contributed by atoms with Gasteiger partial charge in [-0.05, 0) is 24.3 Å². The Kier molecular flexibility index (Phi) is 4.85. The number of hydrogen-bond donors (Lipinski definition) is 2. The molecule has 0 bridgehead atoms. The Morgan fingerprint density at radius 1 is 1.14 bits per heavy atom. The maximum Gasteiger partial charge on any atom is 0.359 e. The van der Waals surface area contributed by atoms with E-state index in [9.17, 15) is 14.7 Å². The fourth-order valence-electron chi connectivity index (χ4n) is 1.59. The van der Waals surface area contributed by atoms with E-state index in [-0.39, 0.29) is 27.2 Å². The molecular weight excluding hydrogens is 333 g/mol. The third kappa shape index (κ3) is 3.66. The van der Waals surface area contributed by atoms with E-state index >= 15 is 0 Å². The number of halogens is 2. The summed E-state index contributed by atoms with van der Waals surface area (Å²) in [4.78, 5) is 27.4. The molecule has 1 aromatic heterocycles. The van der Waals surface area contributed by atoms with Gasteiger partial charge in [0.1, 0.15) is 16.7 Å². The predicted molar refractivity (Wildman–Crippen MR) is 78.6 cm³/mol. The van der Waals surface area contributed by atoms with Crippen LogP contribution in [0.5, 0.6) is 11.5 Å². The molecule has 8 heteroatoms. The smallest absolute Gasteiger partial charge is 0.359 e. The molecule has 0 unspecified atom stereocenters. The first kappa shape index (κ1) is 16.1. The second-order valence-corrected chi connectivity index (χ2v) is 4.96. The Labute approximate surface area is 134 Å². The van der Waals surface area contributed by atoms with Crippen molar-refractivity contribution in [3.63, 3.8) is 0 Å². The first-order valence-corrected chi connectivity index (χ1v) is 6.68. The Morgan fingerprint density at radius 3 is 2.55 bits per heavy atom. The fraction of sp³-hybridized carbons (Fsp3) is 0.0714. The molecule has 2 aromatic rings. The van der Waals surface area contributed by atoms with Gasteiger partial charge >= 0.3 is 5.97 Å². The first-order chi connectivity index (χ1) is 10.4. The Bertz CT molecular complexity index is 748. The monoisotopic (exact) mass is 341 g/mol. The highest BCUT2D eigenvalue weighted by atomic mass is 35.5. The van der Waals surface area contributed by atoms with E-state index in [4.69, 9.17) is 33.0 Å². The lowest BCUT2D eigenvalue weighted by Gasteiger charge is -2.07. The van der Waals surface area contributed by atoms with Crippen molar-refractivity contribution in [1.29, 1.82) is 0 Å². The Balaban J connectivity index is 2.07. The van der Waals surface area contributed by atoms with Crippen LogP contribution in [0.2, 0.25) is 10.2 Å². The van der Waals surface area contributed by atoms with Gasteiger partial charge in [-0.2, -0.15) is 0 Å². The van der Waals surface area contributed by atoms with Crippen LogP contribution in [0.3, 0.4) is 0 Å². The molecular formula is C14H9Cl2NO5. The second-order valence-electron chi connectivity index (χ2n) is 4.17. The van der Waals surface area contributed by atoms with E-state index in [1.54, 1.807) is 0 Å². The minimum atomic E-state index is -0.917. The minimum absolute atomic E-state index is 0.0364. The summed E-state index contributed by atoms with van der Waals surface area (Å²) in [6, 6.07) is 6.22. The van der Waals surface area contributed by atoms with Crippen LogP contribution in [0, 0.1) is 0 Å². The lowest BCUT2D eigenvalue weighted by molar-refractivity contribution is 0.0468. The van der Waals surface area contributed by atoms with E-state index in [0.29, 0.717) is 0 Å². The van der Waals surface area contributed by atoms with Crippen molar-refractivity contribution in [3.8, 4) is 11.5 Å². The molecule has 0 aliphatic carbocycles. The third-order valence-electron chi connectivity index (χ3n) is 2.62. The Hall–Kier alpha value is -2.31. The minimum Gasteiger partial charge on any atom is -0.508 e. The summed E-state index contributed by atoms with van der Waals surface area (Å²) < 4.78 is 4.80. The molecule has 2 rings (SSSR count). The summed E-state index contributed by atoms with van der Waals surface area (Å²) in [5.41, 5.74) is -0.298. The van der Waals surface area contributed by atoms with Crippen LogP contribution in [0.1, 0.15) is 20.8 Å². The molecule has 22 heavy (non-hydrogen) atoms. The van der Waals surface area contributed by atoms with Crippen molar-refractivity contribution >= 4 is 35.0 Å². The summed E-state index contributed by atoms with van der Waals surface area (Å²) in [5.74, 6) is -2.18. The number of rotatable bonds is 4. The van der Waals surface area contributed by atoms with Gasteiger partial charge in [-0.15, -0.1) is 0 Å². The molecule has 0 spiro atoms. The predicted octanol–water partition coefficient (Wildman–Crippen LogP) is 2.84. The maximum atomic E-state index is 11.9. The SMILES string of the molecule is O=C(COC(=O)c1nc(Cl)ccc1Cl)c1ccc(O)cc1O. The van der Waals surface area contributed by atoms with Gasteiger partial charge in [0.25, 0.3) is 0 Å². The molecule has 0 amide bonds. The molecule has 0 radical (unpaired) electrons. The molecule has 2 N–H and O–H groups in total. The molecule has 6 nitrogen and oxygen atoms in total. The van der Waals surface area contributed by atoms with Gasteiger partial charge in [-0.3, -0.25) is 4.79 Å². The number of nitrogens with zero attached hydrogens (tertiary/aromatic N) is 1. The summed E-state index contributed by atoms with van der Waals surface area (Å²) in [7, 11) is 0. The van der Waals surface area contributed by atoms with Gasteiger partial charge in [0.2, 0.25) is 5.78 Å². The molecule has 0 fully saturated rings. The highest BCUT2D eigenvalue weighted by Gasteiger charge is 2.18. The highest BCUT2D eigenvalue weighted by molar-refractivity contribution is 6.34. The van der Waals surface area contributed by atoms with E-state index < -0.39 is 24.1 Å². The summed E-state index contributed by atoms with van der Waals surface area (Å²) in [6.07, 6.45) is 0. The average Bonchev–Trinajstić information content (AvgIpc) is 2.47. The van der Waals surface area contributed by atoms with Crippen LogP contribution in [-0.4, -0.2) is 33.6 Å². The summed E-state index contributed by atoms with van der Waals surface area (Å²) in [5, 5.41) is 18.8. The Morgan fingerprint density at radius 2 is 1.86 bits per heavy atom. The van der Waals surface area contributed by atoms with Crippen molar-refractivity contribution in [2.75, 3.05) is 6.61 Å². The van der Waals surface area contributed by atoms with Crippen molar-refractivity contribution in [2.24, 2.45) is 0 Å². The highest BCUT2D eigenvalue weighted by Crippen LogP contribution is 2.23. The molecule has 0 aliphatic heterocycles. The van der Waals surface area contributed by atoms with Crippen LogP contribution < -0.4 is 0 Å². The molecule has 0 saturated heterocycles. The van der Waals surface area contributed by atoms with E-state index in [0.717, 1.165) is 6.07 Å². The van der Waals surface area contributed by atoms with Gasteiger partial charge in [0.05, 0.1) is 10.6 Å². The van der Waals surface area contributed by atoms with Crippen molar-refractivity contribution in [1.82, 2.24) is 4.98 Å². The number of hydrogen-bond acceptors (Lipinski definition) is 6. The van der Waals surface area contributed by atoms with Crippen LogP contribution in [-0.2, 0) is 4.74 Å². The van der Waals surface area contributed by atoms with Gasteiger partial charge in [-0.25, -0.2) is 9.78 Å². The lowest BCUT2D eigenvalue weighted by Crippen LogP contribution is -2.15. The van der Waals surface area contributed by atoms with Crippen LogP contribution >= 0.6 is 23.2 Å². The number of ether oxygens (including phenoxy) is 1.